The molecular weight excluding hydrogens is 274 g/mol. The zero-order valence-electron chi connectivity index (χ0n) is 12.4. The average Bonchev–Trinajstić information content (AvgIpc) is 2.41. The van der Waals surface area contributed by atoms with Crippen LogP contribution in [0.2, 0.25) is 0 Å². The maximum atomic E-state index is 12.2. The van der Waals surface area contributed by atoms with Crippen molar-refractivity contribution < 1.29 is 9.90 Å². The number of nitrogens with zero attached hydrogens (tertiary/aromatic N) is 2. The van der Waals surface area contributed by atoms with Crippen molar-refractivity contribution in [2.45, 2.75) is 44.6 Å². The second-order valence-electron chi connectivity index (χ2n) is 4.63. The van der Waals surface area contributed by atoms with E-state index < -0.39 is 0 Å². The van der Waals surface area contributed by atoms with Crippen molar-refractivity contribution >= 4 is 17.7 Å². The van der Waals surface area contributed by atoms with Crippen LogP contribution in [-0.4, -0.2) is 40.4 Å². The minimum Gasteiger partial charge on any atom is -0.396 e. The number of aliphatic hydroxyl groups is 1. The highest BCUT2D eigenvalue weighted by atomic mass is 32.2. The summed E-state index contributed by atoms with van der Waals surface area (Å²) in [6, 6.07) is 0. The van der Waals surface area contributed by atoms with Crippen LogP contribution < -0.4 is 5.32 Å². The van der Waals surface area contributed by atoms with Crippen LogP contribution in [0.15, 0.2) is 5.03 Å². The Morgan fingerprint density at radius 3 is 2.55 bits per heavy atom. The van der Waals surface area contributed by atoms with Crippen molar-refractivity contribution in [2.75, 3.05) is 19.4 Å². The normalized spacial score (nSPS) is 10.6. The summed E-state index contributed by atoms with van der Waals surface area (Å²) in [5.74, 6) is 0.585. The first-order valence-electron chi connectivity index (χ1n) is 6.88. The molecular formula is C14H23N3O2S. The minimum absolute atomic E-state index is 0.103. The van der Waals surface area contributed by atoms with Crippen molar-refractivity contribution in [1.82, 2.24) is 15.3 Å². The van der Waals surface area contributed by atoms with E-state index in [1.165, 1.54) is 11.8 Å². The second kappa shape index (κ2) is 8.92. The number of thioether (sulfide) groups is 1. The lowest BCUT2D eigenvalue weighted by molar-refractivity contribution is 0.0948. The molecule has 0 aliphatic carbocycles. The van der Waals surface area contributed by atoms with Gasteiger partial charge in [0.2, 0.25) is 0 Å². The lowest BCUT2D eigenvalue weighted by Gasteiger charge is -2.11. The first-order chi connectivity index (χ1) is 9.60. The second-order valence-corrected chi connectivity index (χ2v) is 5.43. The van der Waals surface area contributed by atoms with Crippen LogP contribution in [0.4, 0.5) is 0 Å². The predicted molar refractivity (Wildman–Crippen MR) is 81.2 cm³/mol. The van der Waals surface area contributed by atoms with Crippen LogP contribution in [0.5, 0.6) is 0 Å². The molecule has 0 saturated carbocycles. The smallest absolute Gasteiger partial charge is 0.255 e. The zero-order valence-corrected chi connectivity index (χ0v) is 13.2. The van der Waals surface area contributed by atoms with Crippen LogP contribution in [0.25, 0.3) is 0 Å². The third-order valence-corrected chi connectivity index (χ3v) is 3.64. The van der Waals surface area contributed by atoms with E-state index in [1.807, 2.05) is 20.1 Å². The van der Waals surface area contributed by atoms with Crippen LogP contribution in [0.1, 0.15) is 47.6 Å². The number of aliphatic hydroxyl groups excluding tert-OH is 1. The molecule has 112 valence electrons. The van der Waals surface area contributed by atoms with E-state index >= 15 is 0 Å². The number of hydrogen-bond acceptors (Lipinski definition) is 5. The number of nitrogens with one attached hydrogen (secondary N) is 1. The lowest BCUT2D eigenvalue weighted by atomic mass is 10.2. The summed E-state index contributed by atoms with van der Waals surface area (Å²) in [6.07, 6.45) is 5.67. The molecule has 0 radical (unpaired) electrons. The van der Waals surface area contributed by atoms with Crippen LogP contribution >= 0.6 is 11.8 Å². The molecule has 0 aliphatic rings. The Morgan fingerprint density at radius 1 is 1.20 bits per heavy atom. The van der Waals surface area contributed by atoms with Gasteiger partial charge in [-0.25, -0.2) is 9.97 Å². The van der Waals surface area contributed by atoms with Gasteiger partial charge in [-0.15, -0.1) is 11.8 Å². The van der Waals surface area contributed by atoms with Crippen molar-refractivity contribution in [3.8, 4) is 0 Å². The average molecular weight is 297 g/mol. The van der Waals surface area contributed by atoms with Gasteiger partial charge < -0.3 is 10.4 Å². The summed E-state index contributed by atoms with van der Waals surface area (Å²) in [5, 5.41) is 12.3. The first-order valence-corrected chi connectivity index (χ1v) is 8.11. The summed E-state index contributed by atoms with van der Waals surface area (Å²) in [6.45, 7) is 4.55. The van der Waals surface area contributed by atoms with E-state index in [0.29, 0.717) is 17.9 Å². The highest BCUT2D eigenvalue weighted by Gasteiger charge is 2.16. The number of aryl methyl sites for hydroxylation is 2. The Labute approximate surface area is 124 Å². The topological polar surface area (TPSA) is 75.1 Å². The Bertz CT molecular complexity index is 452. The number of aromatic nitrogens is 2. The third-order valence-electron chi connectivity index (χ3n) is 2.96. The third kappa shape index (κ3) is 5.09. The number of carbonyl (C=O) groups excluding carboxylic acids is 1. The predicted octanol–water partition coefficient (Wildman–Crippen LogP) is 2.10. The van der Waals surface area contributed by atoms with Gasteiger partial charge in [0.15, 0.2) is 0 Å². The Balaban J connectivity index is 2.55. The largest absolute Gasteiger partial charge is 0.396 e. The monoisotopic (exact) mass is 297 g/mol. The van der Waals surface area contributed by atoms with Crippen molar-refractivity contribution in [1.29, 1.82) is 0 Å². The molecule has 1 aromatic heterocycles. The van der Waals surface area contributed by atoms with E-state index in [-0.39, 0.29) is 12.5 Å². The molecule has 1 aromatic rings. The maximum Gasteiger partial charge on any atom is 0.255 e. The molecule has 5 nitrogen and oxygen atoms in total. The maximum absolute atomic E-state index is 12.2. The molecule has 0 aliphatic heterocycles. The van der Waals surface area contributed by atoms with Gasteiger partial charge in [-0.1, -0.05) is 12.8 Å². The summed E-state index contributed by atoms with van der Waals surface area (Å²) >= 11 is 1.46. The Morgan fingerprint density at radius 2 is 1.90 bits per heavy atom. The molecule has 0 aromatic carbocycles. The summed E-state index contributed by atoms with van der Waals surface area (Å²) in [7, 11) is 0. The van der Waals surface area contributed by atoms with Gasteiger partial charge in [0.05, 0.1) is 11.3 Å². The Hall–Kier alpha value is -1.14. The number of hydrogen-bond donors (Lipinski definition) is 2. The van der Waals surface area contributed by atoms with E-state index in [1.54, 1.807) is 0 Å². The zero-order chi connectivity index (χ0) is 15.0. The summed E-state index contributed by atoms with van der Waals surface area (Å²) in [5.41, 5.74) is 1.30. The van der Waals surface area contributed by atoms with Crippen LogP contribution in [0, 0.1) is 13.8 Å². The van der Waals surface area contributed by atoms with Gasteiger partial charge in [-0.3, -0.25) is 4.79 Å². The molecule has 0 fully saturated rings. The SMILES string of the molecule is CSc1nc(C)nc(C)c1C(=O)NCCCCCCO. The summed E-state index contributed by atoms with van der Waals surface area (Å²) in [4.78, 5) is 20.8. The van der Waals surface area contributed by atoms with Gasteiger partial charge in [0.25, 0.3) is 5.91 Å². The molecule has 20 heavy (non-hydrogen) atoms. The van der Waals surface area contributed by atoms with E-state index in [0.717, 1.165) is 36.4 Å². The van der Waals surface area contributed by atoms with E-state index in [2.05, 4.69) is 15.3 Å². The number of carbonyl (C=O) groups is 1. The molecule has 1 amide bonds. The van der Waals surface area contributed by atoms with E-state index in [9.17, 15) is 4.79 Å². The molecule has 1 heterocycles. The first kappa shape index (κ1) is 16.9. The summed E-state index contributed by atoms with van der Waals surface area (Å²) < 4.78 is 0. The molecule has 0 unspecified atom stereocenters. The number of rotatable bonds is 8. The lowest BCUT2D eigenvalue weighted by Crippen LogP contribution is -2.26. The number of unbranched alkanes of at least 4 members (excludes halogenated alkanes) is 3. The van der Waals surface area contributed by atoms with Gasteiger partial charge in [0, 0.05) is 13.2 Å². The molecule has 6 heteroatoms. The van der Waals surface area contributed by atoms with E-state index in [4.69, 9.17) is 5.11 Å². The molecule has 0 atom stereocenters. The standard InChI is InChI=1S/C14H23N3O2S/c1-10-12(14(20-3)17-11(2)16-10)13(19)15-8-6-4-5-7-9-18/h18H,4-9H2,1-3H3,(H,15,19). The fraction of sp³-hybridized carbons (Fsp3) is 0.643. The highest BCUT2D eigenvalue weighted by molar-refractivity contribution is 7.98. The fourth-order valence-electron chi connectivity index (χ4n) is 1.97. The molecule has 0 saturated heterocycles. The van der Waals surface area contributed by atoms with Crippen LogP contribution in [0.3, 0.4) is 0 Å². The van der Waals surface area contributed by atoms with Gasteiger partial charge in [-0.05, 0) is 32.9 Å². The van der Waals surface area contributed by atoms with Gasteiger partial charge >= 0.3 is 0 Å². The molecule has 2 N–H and O–H groups in total. The number of amides is 1. The van der Waals surface area contributed by atoms with Crippen LogP contribution in [-0.2, 0) is 0 Å². The van der Waals surface area contributed by atoms with Gasteiger partial charge in [0.1, 0.15) is 10.9 Å². The minimum atomic E-state index is -0.103. The quantitative estimate of drug-likeness (QED) is 0.436. The van der Waals surface area contributed by atoms with Crippen molar-refractivity contribution in [3.05, 3.63) is 17.1 Å². The molecule has 0 spiro atoms. The highest BCUT2D eigenvalue weighted by Crippen LogP contribution is 2.20. The molecule has 1 rings (SSSR count). The molecule has 0 bridgehead atoms. The van der Waals surface area contributed by atoms with Crippen molar-refractivity contribution in [3.63, 3.8) is 0 Å². The Kier molecular flexibility index (Phi) is 7.54. The van der Waals surface area contributed by atoms with Gasteiger partial charge in [-0.2, -0.15) is 0 Å². The van der Waals surface area contributed by atoms with Crippen molar-refractivity contribution in [2.24, 2.45) is 0 Å². The fourth-order valence-corrected chi connectivity index (χ4v) is 2.64.